The predicted molar refractivity (Wildman–Crippen MR) is 73.0 cm³/mol. The SMILES string of the molecule is O=C(c1cc(Cl)ccc1Cl)c1ccccc1OC(F)F. The van der Waals surface area contributed by atoms with Crippen LogP contribution in [0.1, 0.15) is 15.9 Å². The number of ether oxygens (including phenoxy) is 1. The molecule has 104 valence electrons. The lowest BCUT2D eigenvalue weighted by Crippen LogP contribution is -2.09. The number of benzene rings is 2. The number of alkyl halides is 2. The fraction of sp³-hybridized carbons (Fsp3) is 0.0714. The number of para-hydroxylation sites is 1. The normalized spacial score (nSPS) is 10.7. The summed E-state index contributed by atoms with van der Waals surface area (Å²) >= 11 is 11.7. The fourth-order valence-corrected chi connectivity index (χ4v) is 2.05. The Balaban J connectivity index is 2.45. The van der Waals surface area contributed by atoms with E-state index in [2.05, 4.69) is 4.74 Å². The van der Waals surface area contributed by atoms with Gasteiger partial charge in [-0.05, 0) is 30.3 Å². The molecule has 2 rings (SSSR count). The van der Waals surface area contributed by atoms with E-state index >= 15 is 0 Å². The smallest absolute Gasteiger partial charge is 0.387 e. The van der Waals surface area contributed by atoms with Crippen molar-refractivity contribution in [2.24, 2.45) is 0 Å². The average Bonchev–Trinajstić information content (AvgIpc) is 2.41. The van der Waals surface area contributed by atoms with Crippen molar-refractivity contribution in [1.29, 1.82) is 0 Å². The molecule has 20 heavy (non-hydrogen) atoms. The van der Waals surface area contributed by atoms with Crippen molar-refractivity contribution < 1.29 is 18.3 Å². The largest absolute Gasteiger partial charge is 0.434 e. The number of rotatable bonds is 4. The van der Waals surface area contributed by atoms with Crippen LogP contribution in [0.5, 0.6) is 5.75 Å². The van der Waals surface area contributed by atoms with Crippen molar-refractivity contribution in [1.82, 2.24) is 0 Å². The third-order valence-corrected chi connectivity index (χ3v) is 3.09. The molecule has 0 bridgehead atoms. The second-order valence-electron chi connectivity index (χ2n) is 3.83. The third kappa shape index (κ3) is 3.26. The van der Waals surface area contributed by atoms with Gasteiger partial charge in [0.1, 0.15) is 5.75 Å². The molecule has 0 saturated carbocycles. The quantitative estimate of drug-likeness (QED) is 0.755. The Labute approximate surface area is 123 Å². The molecule has 0 aliphatic heterocycles. The molecule has 0 aliphatic carbocycles. The number of hydrogen-bond donors (Lipinski definition) is 0. The molecule has 0 atom stereocenters. The van der Waals surface area contributed by atoms with Crippen LogP contribution in [0.25, 0.3) is 0 Å². The van der Waals surface area contributed by atoms with Crippen molar-refractivity contribution >= 4 is 29.0 Å². The molecule has 0 unspecified atom stereocenters. The first-order valence-corrected chi connectivity index (χ1v) is 6.28. The summed E-state index contributed by atoms with van der Waals surface area (Å²) in [5.41, 5.74) is 0.126. The Kier molecular flexibility index (Phi) is 4.57. The lowest BCUT2D eigenvalue weighted by molar-refractivity contribution is -0.0501. The van der Waals surface area contributed by atoms with Gasteiger partial charge in [-0.1, -0.05) is 35.3 Å². The van der Waals surface area contributed by atoms with Crippen LogP contribution in [0, 0.1) is 0 Å². The zero-order valence-corrected chi connectivity index (χ0v) is 11.5. The molecule has 6 heteroatoms. The number of carbonyl (C=O) groups excluding carboxylic acids is 1. The Morgan fingerprint density at radius 1 is 1.05 bits per heavy atom. The summed E-state index contributed by atoms with van der Waals surface area (Å²) in [5.74, 6) is -0.739. The highest BCUT2D eigenvalue weighted by molar-refractivity contribution is 6.36. The summed E-state index contributed by atoms with van der Waals surface area (Å²) in [5, 5.41) is 0.510. The lowest BCUT2D eigenvalue weighted by Gasteiger charge is -2.10. The van der Waals surface area contributed by atoms with Gasteiger partial charge in [0, 0.05) is 10.6 Å². The van der Waals surface area contributed by atoms with E-state index in [1.807, 2.05) is 0 Å². The second kappa shape index (κ2) is 6.20. The van der Waals surface area contributed by atoms with Crippen molar-refractivity contribution in [2.75, 3.05) is 0 Å². The molecule has 2 aromatic carbocycles. The lowest BCUT2D eigenvalue weighted by atomic mass is 10.0. The van der Waals surface area contributed by atoms with E-state index in [0.717, 1.165) is 0 Å². The van der Waals surface area contributed by atoms with Gasteiger partial charge in [-0.15, -0.1) is 0 Å². The molecule has 0 spiro atoms. The molecule has 0 fully saturated rings. The van der Waals surface area contributed by atoms with Crippen LogP contribution in [-0.2, 0) is 0 Å². The first kappa shape index (κ1) is 14.8. The minimum Gasteiger partial charge on any atom is -0.434 e. The highest BCUT2D eigenvalue weighted by atomic mass is 35.5. The summed E-state index contributed by atoms with van der Waals surface area (Å²) in [6.07, 6.45) is 0. The van der Waals surface area contributed by atoms with Gasteiger partial charge in [-0.25, -0.2) is 0 Å². The van der Waals surface area contributed by atoms with Crippen molar-refractivity contribution in [3.63, 3.8) is 0 Å². The topological polar surface area (TPSA) is 26.3 Å². The predicted octanol–water partition coefficient (Wildman–Crippen LogP) is 4.83. The van der Waals surface area contributed by atoms with E-state index in [0.29, 0.717) is 5.02 Å². The molecule has 0 saturated heterocycles. The molecule has 0 aliphatic rings. The summed E-state index contributed by atoms with van der Waals surface area (Å²) in [7, 11) is 0. The van der Waals surface area contributed by atoms with Gasteiger partial charge in [0.25, 0.3) is 0 Å². The Morgan fingerprint density at radius 2 is 1.75 bits per heavy atom. The zero-order valence-electron chi connectivity index (χ0n) is 9.95. The van der Waals surface area contributed by atoms with Gasteiger partial charge >= 0.3 is 6.61 Å². The molecular formula is C14H8Cl2F2O2. The van der Waals surface area contributed by atoms with E-state index in [4.69, 9.17) is 23.2 Å². The molecule has 0 aromatic heterocycles. The molecular weight excluding hydrogens is 309 g/mol. The average molecular weight is 317 g/mol. The van der Waals surface area contributed by atoms with Gasteiger partial charge in [-0.2, -0.15) is 8.78 Å². The van der Waals surface area contributed by atoms with Crippen LogP contribution >= 0.6 is 23.2 Å². The number of hydrogen-bond acceptors (Lipinski definition) is 2. The highest BCUT2D eigenvalue weighted by Gasteiger charge is 2.19. The third-order valence-electron chi connectivity index (χ3n) is 2.52. The summed E-state index contributed by atoms with van der Waals surface area (Å²) in [6.45, 7) is -3.02. The van der Waals surface area contributed by atoms with E-state index in [1.165, 1.54) is 36.4 Å². The van der Waals surface area contributed by atoms with Crippen LogP contribution in [0.4, 0.5) is 8.78 Å². The summed E-state index contributed by atoms with van der Waals surface area (Å²) in [6, 6.07) is 10.1. The fourth-order valence-electron chi connectivity index (χ4n) is 1.67. The van der Waals surface area contributed by atoms with E-state index < -0.39 is 12.4 Å². The van der Waals surface area contributed by atoms with Crippen LogP contribution in [-0.4, -0.2) is 12.4 Å². The minimum absolute atomic E-state index is 0.00281. The molecule has 2 nitrogen and oxygen atoms in total. The van der Waals surface area contributed by atoms with Gasteiger partial charge in [-0.3, -0.25) is 4.79 Å². The van der Waals surface area contributed by atoms with Crippen molar-refractivity contribution in [3.8, 4) is 5.75 Å². The van der Waals surface area contributed by atoms with Crippen LogP contribution in [0.3, 0.4) is 0 Å². The van der Waals surface area contributed by atoms with E-state index in [9.17, 15) is 13.6 Å². The maximum atomic E-state index is 12.4. The molecule has 0 radical (unpaired) electrons. The van der Waals surface area contributed by atoms with Gasteiger partial charge < -0.3 is 4.74 Å². The molecule has 0 amide bonds. The van der Waals surface area contributed by atoms with Gasteiger partial charge in [0.05, 0.1) is 10.6 Å². The number of halogens is 4. The maximum Gasteiger partial charge on any atom is 0.387 e. The summed E-state index contributed by atoms with van der Waals surface area (Å²) in [4.78, 5) is 12.4. The number of carbonyl (C=O) groups is 1. The second-order valence-corrected chi connectivity index (χ2v) is 4.67. The first-order chi connectivity index (χ1) is 9.49. The van der Waals surface area contributed by atoms with Crippen molar-refractivity contribution in [3.05, 3.63) is 63.6 Å². The van der Waals surface area contributed by atoms with E-state index in [1.54, 1.807) is 6.07 Å². The van der Waals surface area contributed by atoms with Gasteiger partial charge in [0.2, 0.25) is 0 Å². The minimum atomic E-state index is -3.02. The monoisotopic (exact) mass is 316 g/mol. The Morgan fingerprint density at radius 3 is 2.45 bits per heavy atom. The van der Waals surface area contributed by atoms with Gasteiger partial charge in [0.15, 0.2) is 5.78 Å². The first-order valence-electron chi connectivity index (χ1n) is 5.52. The van der Waals surface area contributed by atoms with Crippen molar-refractivity contribution in [2.45, 2.75) is 6.61 Å². The zero-order chi connectivity index (χ0) is 14.7. The van der Waals surface area contributed by atoms with Crippen LogP contribution in [0.15, 0.2) is 42.5 Å². The maximum absolute atomic E-state index is 12.4. The van der Waals surface area contributed by atoms with Crippen LogP contribution < -0.4 is 4.74 Å². The Hall–Kier alpha value is -1.65. The molecule has 0 heterocycles. The number of ketones is 1. The Bertz CT molecular complexity index is 645. The summed E-state index contributed by atoms with van der Waals surface area (Å²) < 4.78 is 29.0. The standard InChI is InChI=1S/C14H8Cl2F2O2/c15-8-5-6-11(16)10(7-8)13(19)9-3-1-2-4-12(9)20-14(17)18/h1-7,14H. The molecule has 0 N–H and O–H groups in total. The van der Waals surface area contributed by atoms with E-state index in [-0.39, 0.29) is 21.9 Å². The highest BCUT2D eigenvalue weighted by Crippen LogP contribution is 2.28. The molecule has 2 aromatic rings. The van der Waals surface area contributed by atoms with Crippen LogP contribution in [0.2, 0.25) is 10.0 Å².